The lowest BCUT2D eigenvalue weighted by molar-refractivity contribution is -0.121. The normalized spacial score (nSPS) is 12.4. The highest BCUT2D eigenvalue weighted by Gasteiger charge is 2.16. The maximum absolute atomic E-state index is 11.4. The van der Waals surface area contributed by atoms with Crippen molar-refractivity contribution in [2.45, 2.75) is 13.0 Å². The highest BCUT2D eigenvalue weighted by molar-refractivity contribution is 5.77. The second-order valence-corrected chi connectivity index (χ2v) is 4.84. The van der Waals surface area contributed by atoms with E-state index in [2.05, 4.69) is 15.5 Å². The number of aromatic amines is 1. The summed E-state index contributed by atoms with van der Waals surface area (Å²) < 4.78 is 0. The Morgan fingerprint density at radius 1 is 1.40 bits per heavy atom. The first-order valence-corrected chi connectivity index (χ1v) is 6.63. The highest BCUT2D eigenvalue weighted by Crippen LogP contribution is 2.22. The summed E-state index contributed by atoms with van der Waals surface area (Å²) in [6, 6.07) is 12.1. The zero-order chi connectivity index (χ0) is 14.5. The molecule has 0 aliphatic heterocycles. The van der Waals surface area contributed by atoms with Crippen molar-refractivity contribution in [1.29, 1.82) is 0 Å². The van der Waals surface area contributed by atoms with Crippen LogP contribution in [-0.2, 0) is 4.79 Å². The van der Waals surface area contributed by atoms with Crippen molar-refractivity contribution < 1.29 is 4.79 Å². The summed E-state index contributed by atoms with van der Waals surface area (Å²) >= 11 is 0. The molecule has 1 amide bonds. The molecule has 0 saturated carbocycles. The Kier molecular flexibility index (Phi) is 4.53. The minimum absolute atomic E-state index is 0.00199. The number of hydrogen-bond donors (Lipinski definition) is 2. The molecule has 0 aliphatic rings. The molecular weight excluding hydrogens is 252 g/mol. The Morgan fingerprint density at radius 3 is 2.75 bits per heavy atom. The van der Waals surface area contributed by atoms with Crippen molar-refractivity contribution in [3.63, 3.8) is 0 Å². The summed E-state index contributed by atoms with van der Waals surface area (Å²) in [6.07, 6.45) is 0. The molecule has 1 aromatic heterocycles. The summed E-state index contributed by atoms with van der Waals surface area (Å²) in [5.74, 6) is 0.00199. The van der Waals surface area contributed by atoms with Gasteiger partial charge < -0.3 is 5.32 Å². The summed E-state index contributed by atoms with van der Waals surface area (Å²) in [5.41, 5.74) is 2.99. The van der Waals surface area contributed by atoms with Crippen molar-refractivity contribution in [3.8, 4) is 11.3 Å². The number of H-pyrrole nitrogens is 1. The Labute approximate surface area is 119 Å². The van der Waals surface area contributed by atoms with E-state index in [1.165, 1.54) is 0 Å². The lowest BCUT2D eigenvalue weighted by Gasteiger charge is -2.22. The molecule has 0 radical (unpaired) electrons. The van der Waals surface area contributed by atoms with Crippen molar-refractivity contribution in [2.75, 3.05) is 20.6 Å². The standard InChI is InChI=1S/C15H20N4O/c1-11(19(3)10-15(20)16-2)13-9-14(18-17-13)12-7-5-4-6-8-12/h4-9,11H,10H2,1-3H3,(H,16,20)(H,17,18). The van der Waals surface area contributed by atoms with Crippen LogP contribution in [0.4, 0.5) is 0 Å². The van der Waals surface area contributed by atoms with E-state index in [4.69, 9.17) is 0 Å². The number of benzene rings is 1. The Hall–Kier alpha value is -2.14. The third-order valence-corrected chi connectivity index (χ3v) is 3.45. The van der Waals surface area contributed by atoms with Crippen LogP contribution in [0, 0.1) is 0 Å². The SMILES string of the molecule is CNC(=O)CN(C)C(C)c1cc(-c2ccccc2)n[nH]1. The van der Waals surface area contributed by atoms with Crippen LogP contribution in [0.2, 0.25) is 0 Å². The number of nitrogens with zero attached hydrogens (tertiary/aromatic N) is 2. The van der Waals surface area contributed by atoms with Gasteiger partial charge in [-0.2, -0.15) is 5.10 Å². The van der Waals surface area contributed by atoms with E-state index in [-0.39, 0.29) is 11.9 Å². The fraction of sp³-hybridized carbons (Fsp3) is 0.333. The third kappa shape index (κ3) is 3.24. The van der Waals surface area contributed by atoms with Crippen LogP contribution in [0.5, 0.6) is 0 Å². The van der Waals surface area contributed by atoms with Crippen LogP contribution < -0.4 is 5.32 Å². The second-order valence-electron chi connectivity index (χ2n) is 4.84. The molecule has 106 valence electrons. The minimum Gasteiger partial charge on any atom is -0.358 e. The van der Waals surface area contributed by atoms with Gasteiger partial charge in [-0.05, 0) is 20.0 Å². The number of nitrogens with one attached hydrogen (secondary N) is 2. The van der Waals surface area contributed by atoms with E-state index in [0.29, 0.717) is 6.54 Å². The van der Waals surface area contributed by atoms with Crippen molar-refractivity contribution in [1.82, 2.24) is 20.4 Å². The molecule has 2 N–H and O–H groups in total. The first-order valence-electron chi connectivity index (χ1n) is 6.63. The average Bonchev–Trinajstić information content (AvgIpc) is 2.97. The topological polar surface area (TPSA) is 61.0 Å². The van der Waals surface area contributed by atoms with E-state index in [1.807, 2.05) is 55.3 Å². The quantitative estimate of drug-likeness (QED) is 0.872. The summed E-state index contributed by atoms with van der Waals surface area (Å²) in [5, 5.41) is 10.0. The first kappa shape index (κ1) is 14.3. The van der Waals surface area contributed by atoms with Gasteiger partial charge >= 0.3 is 0 Å². The van der Waals surface area contributed by atoms with Gasteiger partial charge in [-0.25, -0.2) is 0 Å². The molecule has 1 unspecified atom stereocenters. The summed E-state index contributed by atoms with van der Waals surface area (Å²) in [6.45, 7) is 2.41. The van der Waals surface area contributed by atoms with Crippen LogP contribution in [0.15, 0.2) is 36.4 Å². The molecule has 0 spiro atoms. The van der Waals surface area contributed by atoms with Crippen LogP contribution in [0.25, 0.3) is 11.3 Å². The smallest absolute Gasteiger partial charge is 0.233 e. The molecule has 5 heteroatoms. The summed E-state index contributed by atoms with van der Waals surface area (Å²) in [7, 11) is 3.56. The average molecular weight is 272 g/mol. The van der Waals surface area contributed by atoms with Crippen molar-refractivity contribution >= 4 is 5.91 Å². The van der Waals surface area contributed by atoms with E-state index in [9.17, 15) is 4.79 Å². The number of aromatic nitrogens is 2. The van der Waals surface area contributed by atoms with Gasteiger partial charge in [0.25, 0.3) is 0 Å². The van der Waals surface area contributed by atoms with Crippen molar-refractivity contribution in [3.05, 3.63) is 42.1 Å². The molecule has 0 saturated heterocycles. The molecule has 0 bridgehead atoms. The number of carbonyl (C=O) groups is 1. The predicted octanol–water partition coefficient (Wildman–Crippen LogP) is 1.82. The van der Waals surface area contributed by atoms with E-state index < -0.39 is 0 Å². The lowest BCUT2D eigenvalue weighted by atomic mass is 10.1. The maximum Gasteiger partial charge on any atom is 0.233 e. The predicted molar refractivity (Wildman–Crippen MR) is 79.1 cm³/mol. The second kappa shape index (κ2) is 6.34. The lowest BCUT2D eigenvalue weighted by Crippen LogP contribution is -2.34. The minimum atomic E-state index is 0.00199. The van der Waals surface area contributed by atoms with Crippen LogP contribution in [0.3, 0.4) is 0 Å². The molecule has 1 aromatic carbocycles. The van der Waals surface area contributed by atoms with Gasteiger partial charge in [0.05, 0.1) is 17.9 Å². The highest BCUT2D eigenvalue weighted by atomic mass is 16.1. The van der Waals surface area contributed by atoms with Gasteiger partial charge in [0.1, 0.15) is 0 Å². The molecule has 2 aromatic rings. The molecule has 0 aliphatic carbocycles. The summed E-state index contributed by atoms with van der Waals surface area (Å²) in [4.78, 5) is 13.4. The number of likely N-dealkylation sites (N-methyl/N-ethyl adjacent to an activating group) is 2. The Balaban J connectivity index is 2.10. The molecule has 2 rings (SSSR count). The molecule has 0 fully saturated rings. The zero-order valence-corrected chi connectivity index (χ0v) is 12.1. The van der Waals surface area contributed by atoms with Gasteiger partial charge in [0.2, 0.25) is 5.91 Å². The molecular formula is C15H20N4O. The van der Waals surface area contributed by atoms with Gasteiger partial charge in [-0.3, -0.25) is 14.8 Å². The fourth-order valence-electron chi connectivity index (χ4n) is 1.99. The monoisotopic (exact) mass is 272 g/mol. The van der Waals surface area contributed by atoms with Gasteiger partial charge in [-0.15, -0.1) is 0 Å². The third-order valence-electron chi connectivity index (χ3n) is 3.45. The fourth-order valence-corrected chi connectivity index (χ4v) is 1.99. The molecule has 20 heavy (non-hydrogen) atoms. The van der Waals surface area contributed by atoms with Crippen LogP contribution in [0.1, 0.15) is 18.7 Å². The van der Waals surface area contributed by atoms with Crippen LogP contribution in [-0.4, -0.2) is 41.6 Å². The van der Waals surface area contributed by atoms with E-state index in [0.717, 1.165) is 17.0 Å². The Morgan fingerprint density at radius 2 is 2.10 bits per heavy atom. The molecule has 1 atom stereocenters. The van der Waals surface area contributed by atoms with Crippen LogP contribution >= 0.6 is 0 Å². The van der Waals surface area contributed by atoms with Gasteiger partial charge in [-0.1, -0.05) is 30.3 Å². The largest absolute Gasteiger partial charge is 0.358 e. The number of carbonyl (C=O) groups excluding carboxylic acids is 1. The maximum atomic E-state index is 11.4. The molecule has 5 nitrogen and oxygen atoms in total. The van der Waals surface area contributed by atoms with E-state index in [1.54, 1.807) is 7.05 Å². The van der Waals surface area contributed by atoms with Crippen molar-refractivity contribution in [2.24, 2.45) is 0 Å². The van der Waals surface area contributed by atoms with E-state index >= 15 is 0 Å². The van der Waals surface area contributed by atoms with Gasteiger partial charge in [0, 0.05) is 18.7 Å². The number of hydrogen-bond acceptors (Lipinski definition) is 3. The van der Waals surface area contributed by atoms with Gasteiger partial charge in [0.15, 0.2) is 0 Å². The number of amides is 1. The molecule has 1 heterocycles. The first-order chi connectivity index (χ1) is 9.61. The Bertz CT molecular complexity index is 564. The zero-order valence-electron chi connectivity index (χ0n) is 12.1. The number of rotatable bonds is 5.